The van der Waals surface area contributed by atoms with Gasteiger partial charge in [-0.25, -0.2) is 4.79 Å². The normalized spacial score (nSPS) is 12.7. The van der Waals surface area contributed by atoms with Crippen LogP contribution in [0.1, 0.15) is 25.0 Å². The maximum Gasteiger partial charge on any atom is 0.412 e. The molecule has 0 saturated carbocycles. The highest BCUT2D eigenvalue weighted by Gasteiger charge is 2.28. The van der Waals surface area contributed by atoms with Gasteiger partial charge in [-0.15, -0.1) is 0 Å². The van der Waals surface area contributed by atoms with Crippen molar-refractivity contribution >= 4 is 73.0 Å². The number of carbonyl (C=O) groups is 2. The van der Waals surface area contributed by atoms with Crippen LogP contribution in [-0.2, 0) is 14.3 Å². The topological polar surface area (TPSA) is 84.9 Å². The van der Waals surface area contributed by atoms with Crippen LogP contribution in [0.2, 0.25) is 0 Å². The van der Waals surface area contributed by atoms with Crippen molar-refractivity contribution in [3.63, 3.8) is 0 Å². The van der Waals surface area contributed by atoms with E-state index < -0.39 is 18.2 Å². The predicted molar refractivity (Wildman–Crippen MR) is 139 cm³/mol. The molecule has 0 radical (unpaired) electrons. The molecule has 33 heavy (non-hydrogen) atoms. The Morgan fingerprint density at radius 3 is 2.61 bits per heavy atom. The molecular formula is C24H23Br2NO5S. The van der Waals surface area contributed by atoms with E-state index in [-0.39, 0.29) is 24.0 Å². The number of aromatic hydroxyl groups is 1. The van der Waals surface area contributed by atoms with Crippen LogP contribution in [0.25, 0.3) is 10.8 Å². The molecule has 0 saturated heterocycles. The van der Waals surface area contributed by atoms with Gasteiger partial charge in [0.25, 0.3) is 0 Å². The van der Waals surface area contributed by atoms with Crippen LogP contribution >= 0.6 is 44.5 Å². The molecule has 2 N–H and O–H groups in total. The van der Waals surface area contributed by atoms with Gasteiger partial charge in [0.2, 0.25) is 0 Å². The summed E-state index contributed by atoms with van der Waals surface area (Å²) in [4.78, 5) is 24.3. The smallest absolute Gasteiger partial charge is 0.412 e. The summed E-state index contributed by atoms with van der Waals surface area (Å²) in [7, 11) is 0. The van der Waals surface area contributed by atoms with Crippen LogP contribution in [0, 0.1) is 5.92 Å². The molecule has 0 aromatic heterocycles. The molecule has 1 amide bonds. The molecule has 0 bridgehead atoms. The number of hydrogen-bond donors (Lipinski definition) is 3. The molecule has 3 aromatic carbocycles. The van der Waals surface area contributed by atoms with E-state index >= 15 is 0 Å². The van der Waals surface area contributed by atoms with Crippen LogP contribution < -0.4 is 5.32 Å². The number of fused-ring (bicyclic) bond motifs is 1. The fourth-order valence-corrected chi connectivity index (χ4v) is 4.78. The van der Waals surface area contributed by atoms with Gasteiger partial charge >= 0.3 is 12.1 Å². The largest absolute Gasteiger partial charge is 0.506 e. The van der Waals surface area contributed by atoms with Gasteiger partial charge in [-0.1, -0.05) is 59.3 Å². The zero-order valence-corrected chi connectivity index (χ0v) is 21.8. The molecule has 3 aromatic rings. The van der Waals surface area contributed by atoms with Gasteiger partial charge in [0, 0.05) is 21.3 Å². The second-order valence-electron chi connectivity index (χ2n) is 7.45. The van der Waals surface area contributed by atoms with Crippen LogP contribution in [0.4, 0.5) is 10.5 Å². The Kier molecular flexibility index (Phi) is 9.05. The van der Waals surface area contributed by atoms with E-state index in [9.17, 15) is 14.7 Å². The summed E-state index contributed by atoms with van der Waals surface area (Å²) in [5.74, 6) is -0.741. The molecule has 0 heterocycles. The SMILES string of the molecule is C[C@H](CCOC(=O)CS)[C@H](OC(=O)Nc1cccc2ccccc12)c1cc(Br)cc(Br)c1O. The van der Waals surface area contributed by atoms with Gasteiger partial charge in [-0.3, -0.25) is 10.1 Å². The molecule has 0 aliphatic heterocycles. The van der Waals surface area contributed by atoms with E-state index in [0.717, 1.165) is 10.8 Å². The van der Waals surface area contributed by atoms with Gasteiger partial charge in [0.1, 0.15) is 11.9 Å². The summed E-state index contributed by atoms with van der Waals surface area (Å²) in [5.41, 5.74) is 1.05. The molecule has 0 aliphatic carbocycles. The summed E-state index contributed by atoms with van der Waals surface area (Å²) in [6.45, 7) is 2.00. The average molecular weight is 597 g/mol. The maximum absolute atomic E-state index is 12.9. The second kappa shape index (κ2) is 11.8. The van der Waals surface area contributed by atoms with Gasteiger partial charge in [0.05, 0.1) is 22.5 Å². The first-order chi connectivity index (χ1) is 15.8. The lowest BCUT2D eigenvalue weighted by Gasteiger charge is -2.26. The Balaban J connectivity index is 1.84. The van der Waals surface area contributed by atoms with Crippen LogP contribution in [0.5, 0.6) is 5.75 Å². The molecule has 0 spiro atoms. The van der Waals surface area contributed by atoms with Crippen molar-refractivity contribution in [2.24, 2.45) is 5.92 Å². The summed E-state index contributed by atoms with van der Waals surface area (Å²) in [5, 5.41) is 15.3. The zero-order chi connectivity index (χ0) is 24.0. The minimum absolute atomic E-state index is 0.0128. The molecule has 0 fully saturated rings. The number of rotatable bonds is 8. The fourth-order valence-electron chi connectivity index (χ4n) is 3.43. The van der Waals surface area contributed by atoms with Crippen molar-refractivity contribution in [2.45, 2.75) is 19.4 Å². The number of ether oxygens (including phenoxy) is 2. The third-order valence-corrected chi connectivity index (χ3v) is 6.43. The van der Waals surface area contributed by atoms with Gasteiger partial charge in [-0.05, 0) is 45.9 Å². The summed E-state index contributed by atoms with van der Waals surface area (Å²) in [6, 6.07) is 16.7. The molecule has 0 aliphatic rings. The van der Waals surface area contributed by atoms with Crippen molar-refractivity contribution in [1.82, 2.24) is 0 Å². The standard InChI is InChI=1S/C24H23Br2NO5S/c1-14(9-10-31-21(28)13-33)23(18-11-16(25)12-19(26)22(18)29)32-24(30)27-20-8-4-6-15-5-2-3-7-17(15)20/h2-8,11-12,14,23,29,33H,9-10,13H2,1H3,(H,27,30)/t14-,23+/m1/s1. The number of phenolic OH excluding ortho intramolecular Hbond substituents is 1. The van der Waals surface area contributed by atoms with E-state index in [0.29, 0.717) is 26.6 Å². The van der Waals surface area contributed by atoms with Crippen molar-refractivity contribution in [3.8, 4) is 5.75 Å². The van der Waals surface area contributed by atoms with E-state index in [1.165, 1.54) is 0 Å². The second-order valence-corrected chi connectivity index (χ2v) is 9.53. The number of thiol groups is 1. The number of amides is 1. The van der Waals surface area contributed by atoms with E-state index in [4.69, 9.17) is 9.47 Å². The van der Waals surface area contributed by atoms with Crippen molar-refractivity contribution in [1.29, 1.82) is 0 Å². The van der Waals surface area contributed by atoms with Crippen LogP contribution in [0.15, 0.2) is 63.5 Å². The van der Waals surface area contributed by atoms with Gasteiger partial charge < -0.3 is 14.6 Å². The van der Waals surface area contributed by atoms with E-state index in [1.807, 2.05) is 43.3 Å². The molecule has 9 heteroatoms. The first-order valence-electron chi connectivity index (χ1n) is 10.2. The lowest BCUT2D eigenvalue weighted by atomic mass is 9.94. The summed E-state index contributed by atoms with van der Waals surface area (Å²) < 4.78 is 12.1. The Hall–Kier alpha value is -2.23. The Morgan fingerprint density at radius 2 is 1.85 bits per heavy atom. The van der Waals surface area contributed by atoms with Crippen molar-refractivity contribution < 1.29 is 24.2 Å². The Bertz CT molecular complexity index is 1150. The highest BCUT2D eigenvalue weighted by molar-refractivity contribution is 9.11. The minimum atomic E-state index is -0.802. The van der Waals surface area contributed by atoms with Crippen molar-refractivity contribution in [2.75, 3.05) is 17.7 Å². The lowest BCUT2D eigenvalue weighted by Crippen LogP contribution is -2.23. The Morgan fingerprint density at radius 1 is 1.12 bits per heavy atom. The molecule has 174 valence electrons. The number of anilines is 1. The molecule has 3 rings (SSSR count). The molecule has 6 nitrogen and oxygen atoms in total. The summed E-state index contributed by atoms with van der Waals surface area (Å²) in [6.07, 6.45) is -1.05. The Labute approximate surface area is 214 Å². The van der Waals surface area contributed by atoms with Gasteiger partial charge in [-0.2, -0.15) is 12.6 Å². The van der Waals surface area contributed by atoms with Crippen molar-refractivity contribution in [3.05, 3.63) is 69.1 Å². The van der Waals surface area contributed by atoms with E-state index in [1.54, 1.807) is 18.2 Å². The number of benzene rings is 3. The predicted octanol–water partition coefficient (Wildman–Crippen LogP) is 6.86. The molecule has 0 unspecified atom stereocenters. The van der Waals surface area contributed by atoms with Crippen LogP contribution in [-0.4, -0.2) is 29.5 Å². The number of carbonyl (C=O) groups excluding carboxylic acids is 2. The average Bonchev–Trinajstić information content (AvgIpc) is 2.80. The number of nitrogens with one attached hydrogen (secondary N) is 1. The first kappa shape index (κ1) is 25.4. The van der Waals surface area contributed by atoms with E-state index in [2.05, 4.69) is 49.8 Å². The van der Waals surface area contributed by atoms with Gasteiger partial charge in [0.15, 0.2) is 0 Å². The third kappa shape index (κ3) is 6.65. The minimum Gasteiger partial charge on any atom is -0.506 e. The summed E-state index contributed by atoms with van der Waals surface area (Å²) >= 11 is 10.6. The van der Waals surface area contributed by atoms with Crippen LogP contribution in [0.3, 0.4) is 0 Å². The third-order valence-electron chi connectivity index (χ3n) is 5.11. The molecule has 2 atom stereocenters. The highest BCUT2D eigenvalue weighted by atomic mass is 79.9. The monoisotopic (exact) mass is 595 g/mol. The quantitative estimate of drug-likeness (QED) is 0.195. The molecular weight excluding hydrogens is 574 g/mol. The zero-order valence-electron chi connectivity index (χ0n) is 17.8. The highest BCUT2D eigenvalue weighted by Crippen LogP contribution is 2.40. The number of hydrogen-bond acceptors (Lipinski definition) is 6. The maximum atomic E-state index is 12.9. The lowest BCUT2D eigenvalue weighted by molar-refractivity contribution is -0.141. The number of esters is 1. The first-order valence-corrected chi connectivity index (χ1v) is 12.4. The number of halogens is 2. The number of phenols is 1. The fraction of sp³-hybridized carbons (Fsp3) is 0.250.